The van der Waals surface area contributed by atoms with Crippen LogP contribution in [0.4, 0.5) is 5.69 Å². The molecule has 0 aromatic heterocycles. The number of para-hydroxylation sites is 1. The van der Waals surface area contributed by atoms with Crippen molar-refractivity contribution in [2.45, 2.75) is 13.1 Å². The molecule has 0 unspecified atom stereocenters. The number of rotatable bonds is 2. The second-order valence-electron chi connectivity index (χ2n) is 5.05. The first-order valence-electron chi connectivity index (χ1n) is 6.78. The van der Waals surface area contributed by atoms with E-state index in [1.54, 1.807) is 6.07 Å². The Hall–Kier alpha value is -2.20. The van der Waals surface area contributed by atoms with E-state index in [9.17, 15) is 10.2 Å². The van der Waals surface area contributed by atoms with E-state index in [1.807, 2.05) is 12.1 Å². The van der Waals surface area contributed by atoms with Gasteiger partial charge in [-0.05, 0) is 29.3 Å². The highest BCUT2D eigenvalue weighted by molar-refractivity contribution is 5.55. The van der Waals surface area contributed by atoms with Crippen LogP contribution in [0.5, 0.6) is 11.5 Å². The number of nitrogens with one attached hydrogen (secondary N) is 1. The zero-order chi connectivity index (χ0) is 13.9. The zero-order valence-electron chi connectivity index (χ0n) is 11.2. The number of nitrogens with zero attached hydrogens (tertiary/aromatic N) is 1. The van der Waals surface area contributed by atoms with Crippen molar-refractivity contribution in [1.29, 1.82) is 0 Å². The van der Waals surface area contributed by atoms with Crippen molar-refractivity contribution in [2.24, 2.45) is 0 Å². The number of hydrogen-bond donors (Lipinski definition) is 3. The summed E-state index contributed by atoms with van der Waals surface area (Å²) in [6.45, 7) is 3.44. The molecule has 1 heterocycles. The van der Waals surface area contributed by atoms with Crippen molar-refractivity contribution in [3.63, 3.8) is 0 Å². The molecule has 0 saturated carbocycles. The topological polar surface area (TPSA) is 55.7 Å². The molecule has 1 aliphatic heterocycles. The summed E-state index contributed by atoms with van der Waals surface area (Å²) in [5.74, 6) is -0.143. The molecule has 20 heavy (non-hydrogen) atoms. The Morgan fingerprint density at radius 3 is 2.75 bits per heavy atom. The number of benzene rings is 2. The fourth-order valence-electron chi connectivity index (χ4n) is 2.58. The average molecular weight is 270 g/mol. The number of fused-ring (bicyclic) bond motifs is 1. The third-order valence-electron chi connectivity index (χ3n) is 3.62. The molecule has 0 radical (unpaired) electrons. The summed E-state index contributed by atoms with van der Waals surface area (Å²) < 4.78 is 0. The number of phenols is 2. The van der Waals surface area contributed by atoms with Crippen LogP contribution in [-0.4, -0.2) is 23.3 Å². The fraction of sp³-hybridized carbons (Fsp3) is 0.250. The standard InChI is InChI=1S/C16H18N2O2/c19-15-6-5-12(9-16(15)20)11-18-8-7-17-10-13-3-1-2-4-14(13)18/h1-6,9,17,19-20H,7-8,10-11H2. The molecule has 0 saturated heterocycles. The maximum atomic E-state index is 9.60. The van der Waals surface area contributed by atoms with Crippen LogP contribution >= 0.6 is 0 Å². The lowest BCUT2D eigenvalue weighted by atomic mass is 10.1. The van der Waals surface area contributed by atoms with E-state index in [4.69, 9.17) is 0 Å². The van der Waals surface area contributed by atoms with Crippen molar-refractivity contribution in [3.05, 3.63) is 53.6 Å². The van der Waals surface area contributed by atoms with E-state index in [2.05, 4.69) is 28.4 Å². The smallest absolute Gasteiger partial charge is 0.157 e. The molecular formula is C16H18N2O2. The van der Waals surface area contributed by atoms with Crippen LogP contribution < -0.4 is 10.2 Å². The predicted octanol–water partition coefficient (Wildman–Crippen LogP) is 2.21. The summed E-state index contributed by atoms with van der Waals surface area (Å²) in [7, 11) is 0. The van der Waals surface area contributed by atoms with Crippen LogP contribution in [0.15, 0.2) is 42.5 Å². The molecule has 2 aromatic rings. The Labute approximate surface area is 118 Å². The largest absolute Gasteiger partial charge is 0.504 e. The highest BCUT2D eigenvalue weighted by atomic mass is 16.3. The van der Waals surface area contributed by atoms with Crippen LogP contribution in [0.25, 0.3) is 0 Å². The normalized spacial score (nSPS) is 14.7. The lowest BCUT2D eigenvalue weighted by molar-refractivity contribution is 0.403. The summed E-state index contributed by atoms with van der Waals surface area (Å²) >= 11 is 0. The Bertz CT molecular complexity index is 613. The molecule has 0 spiro atoms. The molecule has 2 aromatic carbocycles. The SMILES string of the molecule is Oc1ccc(CN2CCNCc3ccccc32)cc1O. The maximum absolute atomic E-state index is 9.60. The summed E-state index contributed by atoms with van der Waals surface area (Å²) in [6.07, 6.45) is 0. The average Bonchev–Trinajstić information content (AvgIpc) is 2.66. The van der Waals surface area contributed by atoms with Gasteiger partial charge in [0.15, 0.2) is 11.5 Å². The van der Waals surface area contributed by atoms with Gasteiger partial charge in [0.1, 0.15) is 0 Å². The van der Waals surface area contributed by atoms with Gasteiger partial charge >= 0.3 is 0 Å². The van der Waals surface area contributed by atoms with Crippen LogP contribution in [-0.2, 0) is 13.1 Å². The van der Waals surface area contributed by atoms with Gasteiger partial charge in [0.2, 0.25) is 0 Å². The lowest BCUT2D eigenvalue weighted by Crippen LogP contribution is -2.28. The molecule has 4 heteroatoms. The second kappa shape index (κ2) is 5.43. The van der Waals surface area contributed by atoms with Crippen LogP contribution in [0, 0.1) is 0 Å². The van der Waals surface area contributed by atoms with Crippen molar-refractivity contribution < 1.29 is 10.2 Å². The number of aromatic hydroxyl groups is 2. The molecule has 0 atom stereocenters. The molecule has 0 aliphatic carbocycles. The van der Waals surface area contributed by atoms with Crippen LogP contribution in [0.1, 0.15) is 11.1 Å². The van der Waals surface area contributed by atoms with E-state index < -0.39 is 0 Å². The van der Waals surface area contributed by atoms with Crippen molar-refractivity contribution in [3.8, 4) is 11.5 Å². The first-order chi connectivity index (χ1) is 9.74. The number of anilines is 1. The third kappa shape index (κ3) is 2.56. The van der Waals surface area contributed by atoms with E-state index in [-0.39, 0.29) is 11.5 Å². The Morgan fingerprint density at radius 2 is 1.90 bits per heavy atom. The summed E-state index contributed by atoms with van der Waals surface area (Å²) in [5, 5.41) is 22.4. The number of hydrogen-bond acceptors (Lipinski definition) is 4. The molecule has 0 bridgehead atoms. The van der Waals surface area contributed by atoms with Gasteiger partial charge in [0.05, 0.1) is 0 Å². The monoisotopic (exact) mass is 270 g/mol. The zero-order valence-corrected chi connectivity index (χ0v) is 11.2. The van der Waals surface area contributed by atoms with E-state index in [0.29, 0.717) is 6.54 Å². The van der Waals surface area contributed by atoms with Crippen molar-refractivity contribution in [1.82, 2.24) is 5.32 Å². The second-order valence-corrected chi connectivity index (χ2v) is 5.05. The van der Waals surface area contributed by atoms with Gasteiger partial charge in [-0.1, -0.05) is 24.3 Å². The van der Waals surface area contributed by atoms with Crippen molar-refractivity contribution >= 4 is 5.69 Å². The first kappa shape index (κ1) is 12.8. The summed E-state index contributed by atoms with van der Waals surface area (Å²) in [4.78, 5) is 2.29. The molecule has 3 rings (SSSR count). The van der Waals surface area contributed by atoms with Gasteiger partial charge in [-0.3, -0.25) is 0 Å². The highest BCUT2D eigenvalue weighted by Crippen LogP contribution is 2.28. The van der Waals surface area contributed by atoms with Crippen LogP contribution in [0.3, 0.4) is 0 Å². The Morgan fingerprint density at radius 1 is 1.05 bits per heavy atom. The first-order valence-corrected chi connectivity index (χ1v) is 6.78. The minimum atomic E-state index is -0.0771. The Balaban J connectivity index is 1.88. The predicted molar refractivity (Wildman–Crippen MR) is 79.0 cm³/mol. The quantitative estimate of drug-likeness (QED) is 0.732. The minimum absolute atomic E-state index is 0.0660. The maximum Gasteiger partial charge on any atom is 0.157 e. The van der Waals surface area contributed by atoms with Gasteiger partial charge in [-0.15, -0.1) is 0 Å². The minimum Gasteiger partial charge on any atom is -0.504 e. The van der Waals surface area contributed by atoms with Gasteiger partial charge in [0.25, 0.3) is 0 Å². The van der Waals surface area contributed by atoms with Gasteiger partial charge < -0.3 is 20.4 Å². The highest BCUT2D eigenvalue weighted by Gasteiger charge is 2.15. The van der Waals surface area contributed by atoms with Crippen molar-refractivity contribution in [2.75, 3.05) is 18.0 Å². The van der Waals surface area contributed by atoms with Gasteiger partial charge in [-0.25, -0.2) is 0 Å². The Kier molecular flexibility index (Phi) is 3.48. The summed E-state index contributed by atoms with van der Waals surface area (Å²) in [5.41, 5.74) is 3.50. The molecule has 4 nitrogen and oxygen atoms in total. The molecule has 1 aliphatic rings. The lowest BCUT2D eigenvalue weighted by Gasteiger charge is -2.24. The summed E-state index contributed by atoms with van der Waals surface area (Å²) in [6, 6.07) is 13.4. The molecule has 0 amide bonds. The van der Waals surface area contributed by atoms with E-state index in [1.165, 1.54) is 17.3 Å². The van der Waals surface area contributed by atoms with E-state index >= 15 is 0 Å². The molecule has 0 fully saturated rings. The van der Waals surface area contributed by atoms with Gasteiger partial charge in [-0.2, -0.15) is 0 Å². The fourth-order valence-corrected chi connectivity index (χ4v) is 2.58. The number of phenolic OH excluding ortho intramolecular Hbond substituents is 2. The molecule has 3 N–H and O–H groups in total. The molecule has 104 valence electrons. The van der Waals surface area contributed by atoms with E-state index in [0.717, 1.165) is 25.2 Å². The van der Waals surface area contributed by atoms with Gasteiger partial charge in [0, 0.05) is 31.9 Å². The van der Waals surface area contributed by atoms with Crippen LogP contribution in [0.2, 0.25) is 0 Å². The third-order valence-corrected chi connectivity index (χ3v) is 3.62. The molecular weight excluding hydrogens is 252 g/mol.